The zero-order valence-electron chi connectivity index (χ0n) is 40.2. The van der Waals surface area contributed by atoms with E-state index in [1.165, 1.54) is 89.0 Å². The molecule has 8 rings (SSSR count). The zero-order valence-corrected chi connectivity index (χ0v) is 40.2. The third-order valence-corrected chi connectivity index (χ3v) is 12.8. The van der Waals surface area contributed by atoms with Crippen molar-refractivity contribution in [2.45, 2.75) is 105 Å². The highest BCUT2D eigenvalue weighted by atomic mass is 14.6. The molecule has 0 aliphatic rings. The van der Waals surface area contributed by atoms with Crippen molar-refractivity contribution in [3.63, 3.8) is 0 Å². The van der Waals surface area contributed by atoms with E-state index >= 15 is 0 Å². The number of benzene rings is 7. The summed E-state index contributed by atoms with van der Waals surface area (Å²) in [6.07, 6.45) is 3.79. The van der Waals surface area contributed by atoms with Gasteiger partial charge in [0.1, 0.15) is 0 Å². The maximum Gasteiger partial charge on any atom is 0.0273 e. The van der Waals surface area contributed by atoms with Crippen LogP contribution in [0.1, 0.15) is 105 Å². The maximum atomic E-state index is 4.40. The molecular weight excluding hydrogens is 771 g/mol. The SMILES string of the molecule is CC(C)(C)c1ccc(-c2cc(-c3ccc(C(C)(C)C)cc3)cc(-c3cc(-c4ccncc4)cc(-c4cc(-c5ccc(C(C)(C)C)cc5)cc(-c5ccc(C(C)(C)C)cc5)c4)c3)c2)cc1. The maximum absolute atomic E-state index is 4.40. The predicted octanol–water partition coefficient (Wildman–Crippen LogP) is 17.9. The molecule has 7 aromatic carbocycles. The third-order valence-electron chi connectivity index (χ3n) is 12.8. The Bertz CT molecular complexity index is 2550. The van der Waals surface area contributed by atoms with E-state index in [0.717, 1.165) is 11.1 Å². The second-order valence-electron chi connectivity index (χ2n) is 21.9. The van der Waals surface area contributed by atoms with Crippen molar-refractivity contribution in [3.05, 3.63) is 198 Å². The van der Waals surface area contributed by atoms with Gasteiger partial charge in [-0.3, -0.25) is 4.98 Å². The number of hydrogen-bond acceptors (Lipinski definition) is 1. The van der Waals surface area contributed by atoms with Gasteiger partial charge in [-0.2, -0.15) is 0 Å². The Morgan fingerprint density at radius 1 is 0.203 bits per heavy atom. The lowest BCUT2D eigenvalue weighted by Gasteiger charge is -2.20. The molecule has 1 aromatic heterocycles. The molecule has 0 aliphatic heterocycles. The Kier molecular flexibility index (Phi) is 11.8. The van der Waals surface area contributed by atoms with Crippen LogP contribution in [0.5, 0.6) is 0 Å². The summed E-state index contributed by atoms with van der Waals surface area (Å²) in [7, 11) is 0. The van der Waals surface area contributed by atoms with Gasteiger partial charge in [0.05, 0.1) is 0 Å². The summed E-state index contributed by atoms with van der Waals surface area (Å²) in [6, 6.07) is 62.3. The van der Waals surface area contributed by atoms with E-state index < -0.39 is 0 Å². The van der Waals surface area contributed by atoms with Crippen LogP contribution in [-0.2, 0) is 21.7 Å². The minimum atomic E-state index is 0.0765. The van der Waals surface area contributed by atoms with Crippen LogP contribution in [0.2, 0.25) is 0 Å². The fourth-order valence-corrected chi connectivity index (χ4v) is 8.58. The molecule has 0 spiro atoms. The molecular formula is C63H65N. The Labute approximate surface area is 384 Å². The summed E-state index contributed by atoms with van der Waals surface area (Å²) in [5, 5.41) is 0. The standard InChI is InChI=1S/C63H65N/c1-60(2,3)56-21-13-42(14-22-56)47-33-48(43-15-23-57(24-16-43)61(4,5)6)36-52(35-47)54-39-51(46-29-31-64-32-30-46)40-55(41-54)53-37-49(44-17-25-58(26-18-44)62(7,8)9)34-50(38-53)45-19-27-59(28-20-45)63(10,11)12/h13-41H,1-12H3. The van der Waals surface area contributed by atoms with E-state index in [1.54, 1.807) is 0 Å². The van der Waals surface area contributed by atoms with Gasteiger partial charge < -0.3 is 0 Å². The van der Waals surface area contributed by atoms with Crippen molar-refractivity contribution >= 4 is 0 Å². The van der Waals surface area contributed by atoms with Crippen LogP contribution in [0.4, 0.5) is 0 Å². The molecule has 0 amide bonds. The van der Waals surface area contributed by atoms with E-state index in [4.69, 9.17) is 0 Å². The molecule has 0 aliphatic carbocycles. The Hall–Kier alpha value is -6.31. The van der Waals surface area contributed by atoms with Gasteiger partial charge >= 0.3 is 0 Å². The summed E-state index contributed by atoms with van der Waals surface area (Å²) in [6.45, 7) is 27.3. The largest absolute Gasteiger partial charge is 0.265 e. The van der Waals surface area contributed by atoms with E-state index in [9.17, 15) is 0 Å². The molecule has 0 fully saturated rings. The molecule has 1 heterocycles. The van der Waals surface area contributed by atoms with Crippen molar-refractivity contribution in [2.24, 2.45) is 0 Å². The van der Waals surface area contributed by atoms with E-state index in [1.807, 2.05) is 12.4 Å². The highest BCUT2D eigenvalue weighted by Crippen LogP contribution is 2.41. The first-order valence-electron chi connectivity index (χ1n) is 23.0. The van der Waals surface area contributed by atoms with Crippen molar-refractivity contribution in [2.75, 3.05) is 0 Å². The van der Waals surface area contributed by atoms with Crippen LogP contribution in [0, 0.1) is 0 Å². The lowest BCUT2D eigenvalue weighted by Crippen LogP contribution is -2.10. The van der Waals surface area contributed by atoms with Crippen LogP contribution >= 0.6 is 0 Å². The van der Waals surface area contributed by atoms with Crippen molar-refractivity contribution in [1.82, 2.24) is 4.98 Å². The fraction of sp³-hybridized carbons (Fsp3) is 0.254. The van der Waals surface area contributed by atoms with Crippen LogP contribution in [0.15, 0.2) is 176 Å². The van der Waals surface area contributed by atoms with E-state index in [2.05, 4.69) is 252 Å². The molecule has 0 bridgehead atoms. The third kappa shape index (κ3) is 9.90. The van der Waals surface area contributed by atoms with Crippen LogP contribution in [-0.4, -0.2) is 4.98 Å². The van der Waals surface area contributed by atoms with Gasteiger partial charge in [-0.05, 0) is 189 Å². The molecule has 0 atom stereocenters. The summed E-state index contributed by atoms with van der Waals surface area (Å²) in [5.41, 5.74) is 22.2. The quantitative estimate of drug-likeness (QED) is 0.156. The first-order chi connectivity index (χ1) is 30.2. The number of nitrogens with zero attached hydrogens (tertiary/aromatic N) is 1. The second-order valence-corrected chi connectivity index (χ2v) is 21.9. The molecule has 64 heavy (non-hydrogen) atoms. The number of pyridine rings is 1. The number of rotatable bonds is 7. The lowest BCUT2D eigenvalue weighted by atomic mass is 9.84. The van der Waals surface area contributed by atoms with Gasteiger partial charge in [-0.25, -0.2) is 0 Å². The van der Waals surface area contributed by atoms with E-state index in [0.29, 0.717) is 0 Å². The topological polar surface area (TPSA) is 12.9 Å². The minimum Gasteiger partial charge on any atom is -0.265 e. The number of aromatic nitrogens is 1. The highest BCUT2D eigenvalue weighted by molar-refractivity contribution is 5.88. The van der Waals surface area contributed by atoms with Crippen LogP contribution < -0.4 is 0 Å². The summed E-state index contributed by atoms with van der Waals surface area (Å²) in [5.74, 6) is 0. The van der Waals surface area contributed by atoms with Crippen LogP contribution in [0.3, 0.4) is 0 Å². The summed E-state index contributed by atoms with van der Waals surface area (Å²) in [4.78, 5) is 4.40. The molecule has 1 nitrogen and oxygen atoms in total. The van der Waals surface area contributed by atoms with Gasteiger partial charge in [-0.15, -0.1) is 0 Å². The molecule has 0 unspecified atom stereocenters. The normalized spacial score (nSPS) is 12.4. The summed E-state index contributed by atoms with van der Waals surface area (Å²) < 4.78 is 0. The zero-order chi connectivity index (χ0) is 45.6. The van der Waals surface area contributed by atoms with Crippen molar-refractivity contribution in [1.29, 1.82) is 0 Å². The van der Waals surface area contributed by atoms with Gasteiger partial charge in [0.2, 0.25) is 0 Å². The van der Waals surface area contributed by atoms with Gasteiger partial charge in [-0.1, -0.05) is 180 Å². The Balaban J connectivity index is 1.34. The van der Waals surface area contributed by atoms with Gasteiger partial charge in [0.15, 0.2) is 0 Å². The van der Waals surface area contributed by atoms with Gasteiger partial charge in [0, 0.05) is 12.4 Å². The lowest BCUT2D eigenvalue weighted by molar-refractivity contribution is 0.590. The molecule has 8 aromatic rings. The number of hydrogen-bond donors (Lipinski definition) is 0. The highest BCUT2D eigenvalue weighted by Gasteiger charge is 2.19. The molecule has 0 N–H and O–H groups in total. The smallest absolute Gasteiger partial charge is 0.0273 e. The fourth-order valence-electron chi connectivity index (χ4n) is 8.58. The minimum absolute atomic E-state index is 0.0765. The average Bonchev–Trinajstić information content (AvgIpc) is 3.28. The average molecular weight is 836 g/mol. The molecule has 322 valence electrons. The Morgan fingerprint density at radius 3 is 0.531 bits per heavy atom. The molecule has 0 saturated carbocycles. The molecule has 1 heteroatoms. The van der Waals surface area contributed by atoms with Crippen LogP contribution in [0.25, 0.3) is 77.9 Å². The second kappa shape index (κ2) is 17.0. The first-order valence-corrected chi connectivity index (χ1v) is 23.0. The van der Waals surface area contributed by atoms with Crippen molar-refractivity contribution < 1.29 is 0 Å². The first kappa shape index (κ1) is 44.3. The predicted molar refractivity (Wildman–Crippen MR) is 277 cm³/mol. The van der Waals surface area contributed by atoms with Crippen molar-refractivity contribution in [3.8, 4) is 77.9 Å². The summed E-state index contributed by atoms with van der Waals surface area (Å²) >= 11 is 0. The van der Waals surface area contributed by atoms with E-state index in [-0.39, 0.29) is 21.7 Å². The molecule has 0 saturated heterocycles. The monoisotopic (exact) mass is 836 g/mol. The molecule has 0 radical (unpaired) electrons. The Morgan fingerprint density at radius 2 is 0.359 bits per heavy atom. The van der Waals surface area contributed by atoms with Gasteiger partial charge in [0.25, 0.3) is 0 Å².